The van der Waals surface area contributed by atoms with Crippen LogP contribution in [0.15, 0.2) is 28.9 Å². The van der Waals surface area contributed by atoms with Gasteiger partial charge in [0, 0.05) is 0 Å². The lowest BCUT2D eigenvalue weighted by molar-refractivity contribution is 0.0690. The summed E-state index contributed by atoms with van der Waals surface area (Å²) in [7, 11) is 0. The number of hydrogen-bond donors (Lipinski definition) is 2. The normalized spacial score (nSPS) is 10.2. The Morgan fingerprint density at radius 1 is 1.53 bits per heavy atom. The predicted molar refractivity (Wildman–Crippen MR) is 57.9 cm³/mol. The number of halogens is 1. The van der Waals surface area contributed by atoms with Gasteiger partial charge in [-0.3, -0.25) is 0 Å². The SMILES string of the molecule is Cc1cccc(F)c1Nc1nc(C(=O)O)co1. The predicted octanol–water partition coefficient (Wildman–Crippen LogP) is 2.56. The third-order valence-electron chi connectivity index (χ3n) is 2.18. The van der Waals surface area contributed by atoms with Gasteiger partial charge in [0.1, 0.15) is 12.1 Å². The van der Waals surface area contributed by atoms with Crippen LogP contribution in [0.25, 0.3) is 0 Å². The average Bonchev–Trinajstić information content (AvgIpc) is 2.72. The van der Waals surface area contributed by atoms with Gasteiger partial charge in [0.15, 0.2) is 5.69 Å². The molecule has 0 aliphatic carbocycles. The number of hydrogen-bond acceptors (Lipinski definition) is 4. The largest absolute Gasteiger partial charge is 0.476 e. The zero-order valence-electron chi connectivity index (χ0n) is 8.90. The molecule has 88 valence electrons. The number of aryl methyl sites for hydroxylation is 1. The summed E-state index contributed by atoms with van der Waals surface area (Å²) in [5.41, 5.74) is 0.646. The van der Waals surface area contributed by atoms with Gasteiger partial charge in [-0.2, -0.15) is 4.98 Å². The molecule has 1 aromatic carbocycles. The molecule has 0 atom stereocenters. The number of aromatic carboxylic acids is 1. The lowest BCUT2D eigenvalue weighted by Gasteiger charge is -2.06. The van der Waals surface area contributed by atoms with Crippen molar-refractivity contribution in [3.63, 3.8) is 0 Å². The van der Waals surface area contributed by atoms with Crippen LogP contribution in [-0.4, -0.2) is 16.1 Å². The lowest BCUT2D eigenvalue weighted by Crippen LogP contribution is -1.99. The summed E-state index contributed by atoms with van der Waals surface area (Å²) in [5, 5.41) is 11.2. The Labute approximate surface area is 95.9 Å². The van der Waals surface area contributed by atoms with Crippen molar-refractivity contribution in [2.24, 2.45) is 0 Å². The number of carbonyl (C=O) groups is 1. The maximum absolute atomic E-state index is 13.5. The molecular formula is C11H9FN2O3. The molecule has 17 heavy (non-hydrogen) atoms. The van der Waals surface area contributed by atoms with Crippen molar-refractivity contribution in [2.45, 2.75) is 6.92 Å². The van der Waals surface area contributed by atoms with Crippen LogP contribution in [0.5, 0.6) is 0 Å². The van der Waals surface area contributed by atoms with E-state index >= 15 is 0 Å². The summed E-state index contributed by atoms with van der Waals surface area (Å²) >= 11 is 0. The van der Waals surface area contributed by atoms with Crippen molar-refractivity contribution in [2.75, 3.05) is 5.32 Å². The highest BCUT2D eigenvalue weighted by molar-refractivity contribution is 5.85. The standard InChI is InChI=1S/C11H9FN2O3/c1-6-3-2-4-7(12)9(6)14-11-13-8(5-17-11)10(15)16/h2-5H,1H3,(H,13,14)(H,15,16). The number of rotatable bonds is 3. The molecule has 0 fully saturated rings. The highest BCUT2D eigenvalue weighted by atomic mass is 19.1. The van der Waals surface area contributed by atoms with E-state index in [0.717, 1.165) is 6.26 Å². The van der Waals surface area contributed by atoms with Crippen molar-refractivity contribution in [1.82, 2.24) is 4.98 Å². The molecule has 2 rings (SSSR count). The Balaban J connectivity index is 2.28. The first-order chi connectivity index (χ1) is 8.08. The summed E-state index contributed by atoms with van der Waals surface area (Å²) in [6.45, 7) is 1.71. The minimum absolute atomic E-state index is 0.0596. The number of para-hydroxylation sites is 1. The Hall–Kier alpha value is -2.37. The molecule has 0 aliphatic heterocycles. The quantitative estimate of drug-likeness (QED) is 0.856. The number of carboxylic acid groups (broad SMARTS) is 1. The van der Waals surface area contributed by atoms with Gasteiger partial charge in [-0.1, -0.05) is 12.1 Å². The fourth-order valence-corrected chi connectivity index (χ4v) is 1.33. The second-order valence-corrected chi connectivity index (χ2v) is 3.40. The van der Waals surface area contributed by atoms with Crippen molar-refractivity contribution in [3.8, 4) is 0 Å². The van der Waals surface area contributed by atoms with Crippen LogP contribution in [0.2, 0.25) is 0 Å². The average molecular weight is 236 g/mol. The van der Waals surface area contributed by atoms with Crippen LogP contribution in [0.4, 0.5) is 16.1 Å². The van der Waals surface area contributed by atoms with E-state index in [1.165, 1.54) is 6.07 Å². The topological polar surface area (TPSA) is 75.4 Å². The zero-order chi connectivity index (χ0) is 12.4. The van der Waals surface area contributed by atoms with Crippen molar-refractivity contribution in [1.29, 1.82) is 0 Å². The number of aromatic nitrogens is 1. The summed E-state index contributed by atoms with van der Waals surface area (Å²) in [6.07, 6.45) is 0.987. The number of nitrogens with one attached hydrogen (secondary N) is 1. The Kier molecular flexibility index (Phi) is 2.78. The molecule has 0 saturated carbocycles. The molecule has 0 aliphatic rings. The third kappa shape index (κ3) is 2.25. The third-order valence-corrected chi connectivity index (χ3v) is 2.18. The first kappa shape index (κ1) is 11.1. The highest BCUT2D eigenvalue weighted by Crippen LogP contribution is 2.23. The van der Waals surface area contributed by atoms with E-state index in [9.17, 15) is 9.18 Å². The van der Waals surface area contributed by atoms with Crippen molar-refractivity contribution in [3.05, 3.63) is 41.5 Å². The molecule has 5 nitrogen and oxygen atoms in total. The molecular weight excluding hydrogens is 227 g/mol. The Morgan fingerprint density at radius 2 is 2.29 bits per heavy atom. The number of benzene rings is 1. The fraction of sp³-hybridized carbons (Fsp3) is 0.0909. The molecule has 0 saturated heterocycles. The van der Waals surface area contributed by atoms with Crippen LogP contribution >= 0.6 is 0 Å². The van der Waals surface area contributed by atoms with E-state index in [4.69, 9.17) is 9.52 Å². The summed E-state index contributed by atoms with van der Waals surface area (Å²) in [5.74, 6) is -1.66. The Morgan fingerprint density at radius 3 is 2.88 bits per heavy atom. The van der Waals surface area contributed by atoms with Gasteiger partial charge in [0.25, 0.3) is 6.01 Å². The van der Waals surface area contributed by atoms with Gasteiger partial charge in [0.05, 0.1) is 5.69 Å². The van der Waals surface area contributed by atoms with Gasteiger partial charge in [-0.25, -0.2) is 9.18 Å². The molecule has 2 N–H and O–H groups in total. The van der Waals surface area contributed by atoms with Crippen LogP contribution in [0.1, 0.15) is 16.1 Å². The van der Waals surface area contributed by atoms with Crippen LogP contribution in [-0.2, 0) is 0 Å². The summed E-state index contributed by atoms with van der Waals surface area (Å²) in [6, 6.07) is 4.52. The number of carboxylic acids is 1. The van der Waals surface area contributed by atoms with E-state index in [2.05, 4.69) is 10.3 Å². The fourth-order valence-electron chi connectivity index (χ4n) is 1.33. The molecule has 1 heterocycles. The smallest absolute Gasteiger partial charge is 0.357 e. The summed E-state index contributed by atoms with van der Waals surface area (Å²) in [4.78, 5) is 14.2. The van der Waals surface area contributed by atoms with Gasteiger partial charge in [-0.05, 0) is 18.6 Å². The Bertz CT molecular complexity index is 545. The number of oxazole rings is 1. The highest BCUT2D eigenvalue weighted by Gasteiger charge is 2.12. The van der Waals surface area contributed by atoms with Crippen LogP contribution in [0.3, 0.4) is 0 Å². The second kappa shape index (κ2) is 4.25. The van der Waals surface area contributed by atoms with Gasteiger partial charge < -0.3 is 14.8 Å². The maximum atomic E-state index is 13.5. The van der Waals surface area contributed by atoms with Crippen molar-refractivity contribution < 1.29 is 18.7 Å². The molecule has 0 spiro atoms. The van der Waals surface area contributed by atoms with Gasteiger partial charge in [0.2, 0.25) is 0 Å². The minimum Gasteiger partial charge on any atom is -0.476 e. The van der Waals surface area contributed by atoms with Gasteiger partial charge in [-0.15, -0.1) is 0 Å². The first-order valence-electron chi connectivity index (χ1n) is 4.79. The van der Waals surface area contributed by atoms with E-state index < -0.39 is 11.8 Å². The molecule has 0 unspecified atom stereocenters. The van der Waals surface area contributed by atoms with Crippen molar-refractivity contribution >= 4 is 17.7 Å². The summed E-state index contributed by atoms with van der Waals surface area (Å²) < 4.78 is 18.3. The minimum atomic E-state index is -1.20. The molecule has 2 aromatic rings. The molecule has 0 amide bonds. The van der Waals surface area contributed by atoms with Crippen LogP contribution in [0, 0.1) is 12.7 Å². The zero-order valence-corrected chi connectivity index (χ0v) is 8.90. The lowest BCUT2D eigenvalue weighted by atomic mass is 10.2. The van der Waals surface area contributed by atoms with E-state index in [1.807, 2.05) is 0 Å². The second-order valence-electron chi connectivity index (χ2n) is 3.40. The van der Waals surface area contributed by atoms with Crippen LogP contribution < -0.4 is 5.32 Å². The van der Waals surface area contributed by atoms with E-state index in [0.29, 0.717) is 5.56 Å². The molecule has 0 bridgehead atoms. The van der Waals surface area contributed by atoms with Gasteiger partial charge >= 0.3 is 5.97 Å². The molecule has 0 radical (unpaired) electrons. The van der Waals surface area contributed by atoms with E-state index in [1.54, 1.807) is 19.1 Å². The number of anilines is 2. The first-order valence-corrected chi connectivity index (χ1v) is 4.79. The van der Waals surface area contributed by atoms with E-state index in [-0.39, 0.29) is 17.4 Å². The molecule has 1 aromatic heterocycles. The monoisotopic (exact) mass is 236 g/mol. The molecule has 6 heteroatoms. The number of nitrogens with zero attached hydrogens (tertiary/aromatic N) is 1. The maximum Gasteiger partial charge on any atom is 0.357 e.